The molecule has 0 radical (unpaired) electrons. The molecule has 1 aromatic carbocycles. The van der Waals surface area contributed by atoms with Crippen LogP contribution in [0.4, 0.5) is 4.79 Å². The standard InChI is InChI=1S/C19H23N3O3S/c1-12(2)14-4-6-15(7-5-14)18-21-16(11-26-18)17(23)20-13(3)10-22-8-9-25-19(22)24/h4-7,11-13H,8-10H2,1-3H3,(H,20,23). The summed E-state index contributed by atoms with van der Waals surface area (Å²) in [5, 5.41) is 5.47. The Hall–Kier alpha value is -2.41. The van der Waals surface area contributed by atoms with Crippen LogP contribution in [0.3, 0.4) is 0 Å². The molecule has 1 unspecified atom stereocenters. The summed E-state index contributed by atoms with van der Waals surface area (Å²) in [4.78, 5) is 29.9. The van der Waals surface area contributed by atoms with Crippen molar-refractivity contribution < 1.29 is 14.3 Å². The van der Waals surface area contributed by atoms with E-state index in [0.717, 1.165) is 10.6 Å². The summed E-state index contributed by atoms with van der Waals surface area (Å²) in [6.45, 7) is 7.57. The zero-order valence-corrected chi connectivity index (χ0v) is 16.0. The van der Waals surface area contributed by atoms with E-state index < -0.39 is 0 Å². The van der Waals surface area contributed by atoms with Gasteiger partial charge in [-0.3, -0.25) is 4.79 Å². The van der Waals surface area contributed by atoms with Crippen LogP contribution in [0.15, 0.2) is 29.6 Å². The Morgan fingerprint density at radius 2 is 2.04 bits per heavy atom. The van der Waals surface area contributed by atoms with E-state index in [2.05, 4.69) is 36.3 Å². The maximum absolute atomic E-state index is 12.4. The van der Waals surface area contributed by atoms with Gasteiger partial charge in [0.2, 0.25) is 0 Å². The molecular weight excluding hydrogens is 350 g/mol. The Labute approximate surface area is 157 Å². The van der Waals surface area contributed by atoms with E-state index in [-0.39, 0.29) is 18.0 Å². The molecule has 26 heavy (non-hydrogen) atoms. The van der Waals surface area contributed by atoms with Crippen molar-refractivity contribution in [3.63, 3.8) is 0 Å². The molecule has 1 aromatic heterocycles. The summed E-state index contributed by atoms with van der Waals surface area (Å²) in [7, 11) is 0. The first-order valence-corrected chi connectivity index (χ1v) is 9.60. The molecule has 6 nitrogen and oxygen atoms in total. The second kappa shape index (κ2) is 7.86. The lowest BCUT2D eigenvalue weighted by Gasteiger charge is -2.19. The monoisotopic (exact) mass is 373 g/mol. The topological polar surface area (TPSA) is 71.5 Å². The predicted octanol–water partition coefficient (Wildman–Crippen LogP) is 3.50. The fourth-order valence-electron chi connectivity index (χ4n) is 2.79. The lowest BCUT2D eigenvalue weighted by molar-refractivity contribution is 0.0926. The normalized spacial score (nSPS) is 15.2. The van der Waals surface area contributed by atoms with Gasteiger partial charge in [0.1, 0.15) is 17.3 Å². The number of thiazole rings is 1. The van der Waals surface area contributed by atoms with Crippen molar-refractivity contribution in [3.05, 3.63) is 40.9 Å². The van der Waals surface area contributed by atoms with Crippen LogP contribution < -0.4 is 5.32 Å². The van der Waals surface area contributed by atoms with Gasteiger partial charge >= 0.3 is 6.09 Å². The third-order valence-electron chi connectivity index (χ3n) is 4.28. The molecule has 0 bridgehead atoms. The molecule has 2 amide bonds. The van der Waals surface area contributed by atoms with Crippen molar-refractivity contribution in [2.24, 2.45) is 0 Å². The van der Waals surface area contributed by atoms with E-state index >= 15 is 0 Å². The number of ether oxygens (including phenoxy) is 1. The highest BCUT2D eigenvalue weighted by molar-refractivity contribution is 7.13. The van der Waals surface area contributed by atoms with Gasteiger partial charge in [0.15, 0.2) is 0 Å². The zero-order chi connectivity index (χ0) is 18.7. The molecule has 7 heteroatoms. The largest absolute Gasteiger partial charge is 0.448 e. The van der Waals surface area contributed by atoms with E-state index in [1.54, 1.807) is 10.3 Å². The molecular formula is C19H23N3O3S. The van der Waals surface area contributed by atoms with Crippen LogP contribution >= 0.6 is 11.3 Å². The van der Waals surface area contributed by atoms with E-state index in [4.69, 9.17) is 4.74 Å². The Kier molecular flexibility index (Phi) is 5.56. The number of rotatable bonds is 6. The smallest absolute Gasteiger partial charge is 0.410 e. The minimum atomic E-state index is -0.327. The molecule has 1 atom stereocenters. The van der Waals surface area contributed by atoms with E-state index in [0.29, 0.717) is 31.3 Å². The van der Waals surface area contributed by atoms with Crippen LogP contribution in [0.1, 0.15) is 42.7 Å². The fourth-order valence-corrected chi connectivity index (χ4v) is 3.59. The van der Waals surface area contributed by atoms with Crippen molar-refractivity contribution in [2.45, 2.75) is 32.7 Å². The molecule has 1 aliphatic rings. The molecule has 0 spiro atoms. The van der Waals surface area contributed by atoms with Gasteiger partial charge in [-0.15, -0.1) is 11.3 Å². The maximum atomic E-state index is 12.4. The zero-order valence-electron chi connectivity index (χ0n) is 15.2. The molecule has 2 aromatic rings. The Morgan fingerprint density at radius 3 is 2.65 bits per heavy atom. The highest BCUT2D eigenvalue weighted by atomic mass is 32.1. The lowest BCUT2D eigenvalue weighted by Crippen LogP contribution is -2.42. The summed E-state index contributed by atoms with van der Waals surface area (Å²) in [5.41, 5.74) is 2.68. The average Bonchev–Trinajstić information content (AvgIpc) is 3.25. The number of hydrogen-bond donors (Lipinski definition) is 1. The number of benzene rings is 1. The number of aromatic nitrogens is 1. The molecule has 3 rings (SSSR count). The number of nitrogens with zero attached hydrogens (tertiary/aromatic N) is 2. The predicted molar refractivity (Wildman–Crippen MR) is 101 cm³/mol. The van der Waals surface area contributed by atoms with E-state index in [9.17, 15) is 9.59 Å². The van der Waals surface area contributed by atoms with Crippen molar-refractivity contribution in [2.75, 3.05) is 19.7 Å². The summed E-state index contributed by atoms with van der Waals surface area (Å²) in [6.07, 6.45) is -0.327. The molecule has 1 saturated heterocycles. The number of amides is 2. The molecule has 1 N–H and O–H groups in total. The third-order valence-corrected chi connectivity index (χ3v) is 5.17. The van der Waals surface area contributed by atoms with Gasteiger partial charge in [-0.05, 0) is 18.4 Å². The maximum Gasteiger partial charge on any atom is 0.410 e. The number of hydrogen-bond acceptors (Lipinski definition) is 5. The van der Waals surface area contributed by atoms with Gasteiger partial charge in [-0.25, -0.2) is 9.78 Å². The average molecular weight is 373 g/mol. The molecule has 1 aliphatic heterocycles. The first kappa shape index (κ1) is 18.4. The van der Waals surface area contributed by atoms with Crippen molar-refractivity contribution >= 4 is 23.3 Å². The molecule has 0 aliphatic carbocycles. The van der Waals surface area contributed by atoms with E-state index in [1.165, 1.54) is 16.9 Å². The molecule has 138 valence electrons. The van der Waals surface area contributed by atoms with Crippen LogP contribution in [0, 0.1) is 0 Å². The first-order chi connectivity index (χ1) is 12.4. The van der Waals surface area contributed by atoms with Gasteiger partial charge < -0.3 is 15.0 Å². The Balaban J connectivity index is 1.61. The van der Waals surface area contributed by atoms with Gasteiger partial charge in [0.05, 0.1) is 6.54 Å². The second-order valence-corrected chi connectivity index (χ2v) is 7.61. The number of carbonyl (C=O) groups is 2. The van der Waals surface area contributed by atoms with Crippen LogP contribution in [0.5, 0.6) is 0 Å². The third kappa shape index (κ3) is 4.22. The number of cyclic esters (lactones) is 1. The van der Waals surface area contributed by atoms with Gasteiger partial charge in [0, 0.05) is 23.5 Å². The van der Waals surface area contributed by atoms with Gasteiger partial charge in [-0.1, -0.05) is 38.1 Å². The van der Waals surface area contributed by atoms with Gasteiger partial charge in [-0.2, -0.15) is 0 Å². The lowest BCUT2D eigenvalue weighted by atomic mass is 10.0. The van der Waals surface area contributed by atoms with Crippen LogP contribution in [-0.4, -0.2) is 47.6 Å². The second-order valence-electron chi connectivity index (χ2n) is 6.75. The SMILES string of the molecule is CC(CN1CCOC1=O)NC(=O)c1csc(-c2ccc(C(C)C)cc2)n1. The summed E-state index contributed by atoms with van der Waals surface area (Å²) >= 11 is 1.45. The van der Waals surface area contributed by atoms with E-state index in [1.807, 2.05) is 19.1 Å². The fraction of sp³-hybridized carbons (Fsp3) is 0.421. The Morgan fingerprint density at radius 1 is 1.31 bits per heavy atom. The number of nitrogens with one attached hydrogen (secondary N) is 1. The van der Waals surface area contributed by atoms with Crippen molar-refractivity contribution in [1.29, 1.82) is 0 Å². The quantitative estimate of drug-likeness (QED) is 0.841. The minimum Gasteiger partial charge on any atom is -0.448 e. The van der Waals surface area contributed by atoms with Crippen LogP contribution in [0.25, 0.3) is 10.6 Å². The molecule has 2 heterocycles. The van der Waals surface area contributed by atoms with Crippen molar-refractivity contribution in [3.8, 4) is 10.6 Å². The highest BCUT2D eigenvalue weighted by Crippen LogP contribution is 2.25. The first-order valence-electron chi connectivity index (χ1n) is 8.72. The highest BCUT2D eigenvalue weighted by Gasteiger charge is 2.24. The summed E-state index contributed by atoms with van der Waals surface area (Å²) in [6, 6.07) is 8.09. The summed E-state index contributed by atoms with van der Waals surface area (Å²) in [5.74, 6) is 0.252. The number of carbonyl (C=O) groups excluding carboxylic acids is 2. The Bertz CT molecular complexity index is 786. The molecule has 0 saturated carbocycles. The van der Waals surface area contributed by atoms with Crippen LogP contribution in [0.2, 0.25) is 0 Å². The minimum absolute atomic E-state index is 0.177. The van der Waals surface area contributed by atoms with Gasteiger partial charge in [0.25, 0.3) is 5.91 Å². The van der Waals surface area contributed by atoms with Crippen molar-refractivity contribution in [1.82, 2.24) is 15.2 Å². The summed E-state index contributed by atoms with van der Waals surface area (Å²) < 4.78 is 4.89. The molecule has 1 fully saturated rings. The van der Waals surface area contributed by atoms with Crippen LogP contribution in [-0.2, 0) is 4.74 Å².